The first-order chi connectivity index (χ1) is 6.38. The van der Waals surface area contributed by atoms with Gasteiger partial charge in [0.15, 0.2) is 0 Å². The molecule has 3 nitrogen and oxygen atoms in total. The number of methoxy groups -OCH3 is 1. The molecule has 1 aromatic heterocycles. The lowest BCUT2D eigenvalue weighted by Gasteiger charge is -2.00. The van der Waals surface area contributed by atoms with Crippen molar-refractivity contribution in [2.45, 2.75) is 6.42 Å². The number of carbonyl (C=O) groups is 1. The quantitative estimate of drug-likeness (QED) is 0.657. The van der Waals surface area contributed by atoms with Gasteiger partial charge in [0.1, 0.15) is 6.29 Å². The van der Waals surface area contributed by atoms with E-state index >= 15 is 0 Å². The minimum absolute atomic E-state index is 0.415. The van der Waals surface area contributed by atoms with Gasteiger partial charge >= 0.3 is 0 Å². The Labute approximate surface area is 77.1 Å². The molecule has 0 unspecified atom stereocenters. The summed E-state index contributed by atoms with van der Waals surface area (Å²) in [7, 11) is 1.57. The Morgan fingerprint density at radius 2 is 2.46 bits per heavy atom. The normalized spacial score (nSPS) is 10.2. The molecule has 1 aromatic rings. The fourth-order valence-electron chi connectivity index (χ4n) is 0.951. The predicted octanol–water partition coefficient (Wildman–Crippen LogP) is 1.69. The molecule has 0 atom stereocenters. The summed E-state index contributed by atoms with van der Waals surface area (Å²) in [6, 6.07) is 3.70. The molecule has 68 valence electrons. The fraction of sp³-hybridized carbons (Fsp3) is 0.200. The van der Waals surface area contributed by atoms with Crippen molar-refractivity contribution in [1.29, 1.82) is 0 Å². The van der Waals surface area contributed by atoms with Crippen LogP contribution in [0.3, 0.4) is 0 Å². The Hall–Kier alpha value is -1.64. The topological polar surface area (TPSA) is 39.2 Å². The van der Waals surface area contributed by atoms with Crippen molar-refractivity contribution >= 4 is 12.4 Å². The molecule has 0 fully saturated rings. The molecule has 0 amide bonds. The van der Waals surface area contributed by atoms with Crippen LogP contribution in [0.25, 0.3) is 6.08 Å². The second-order valence-corrected chi connectivity index (χ2v) is 2.41. The first kappa shape index (κ1) is 9.45. The molecule has 0 N–H and O–H groups in total. The highest BCUT2D eigenvalue weighted by Gasteiger charge is 1.96. The van der Waals surface area contributed by atoms with Gasteiger partial charge in [-0.05, 0) is 12.1 Å². The molecule has 0 aliphatic rings. The summed E-state index contributed by atoms with van der Waals surface area (Å²) >= 11 is 0. The van der Waals surface area contributed by atoms with E-state index in [2.05, 4.69) is 4.98 Å². The van der Waals surface area contributed by atoms with Crippen LogP contribution in [0.15, 0.2) is 24.4 Å². The van der Waals surface area contributed by atoms with Crippen molar-refractivity contribution in [2.24, 2.45) is 0 Å². The fourth-order valence-corrected chi connectivity index (χ4v) is 0.951. The Morgan fingerprint density at radius 3 is 3.15 bits per heavy atom. The molecule has 1 rings (SSSR count). The zero-order valence-electron chi connectivity index (χ0n) is 7.43. The summed E-state index contributed by atoms with van der Waals surface area (Å²) in [5, 5.41) is 0. The van der Waals surface area contributed by atoms with Gasteiger partial charge < -0.3 is 9.53 Å². The van der Waals surface area contributed by atoms with Crippen LogP contribution in [-0.4, -0.2) is 18.4 Å². The van der Waals surface area contributed by atoms with Crippen LogP contribution in [0.4, 0.5) is 0 Å². The molecular weight excluding hydrogens is 166 g/mol. The lowest BCUT2D eigenvalue weighted by Crippen LogP contribution is -1.89. The number of nitrogens with zero attached hydrogens (tertiary/aromatic N) is 1. The van der Waals surface area contributed by atoms with Crippen LogP contribution >= 0.6 is 0 Å². The van der Waals surface area contributed by atoms with E-state index in [9.17, 15) is 4.79 Å². The number of aromatic nitrogens is 1. The zero-order valence-corrected chi connectivity index (χ0v) is 7.43. The Balaban J connectivity index is 2.80. The van der Waals surface area contributed by atoms with Crippen LogP contribution in [0, 0.1) is 0 Å². The van der Waals surface area contributed by atoms with Crippen molar-refractivity contribution in [3.63, 3.8) is 0 Å². The number of allylic oxidation sites excluding steroid dienone is 1. The van der Waals surface area contributed by atoms with E-state index in [1.807, 2.05) is 18.2 Å². The molecule has 0 saturated carbocycles. The molecule has 13 heavy (non-hydrogen) atoms. The maximum Gasteiger partial charge on any atom is 0.220 e. The van der Waals surface area contributed by atoms with Gasteiger partial charge in [-0.3, -0.25) is 0 Å². The number of hydrogen-bond donors (Lipinski definition) is 0. The van der Waals surface area contributed by atoms with Gasteiger partial charge in [-0.25, -0.2) is 4.98 Å². The van der Waals surface area contributed by atoms with Gasteiger partial charge in [0, 0.05) is 18.2 Å². The molecule has 0 aliphatic heterocycles. The van der Waals surface area contributed by atoms with Gasteiger partial charge in [-0.2, -0.15) is 0 Å². The number of ether oxygens (including phenoxy) is 1. The monoisotopic (exact) mass is 177 g/mol. The molecule has 0 bridgehead atoms. The first-order valence-electron chi connectivity index (χ1n) is 3.97. The van der Waals surface area contributed by atoms with Crippen LogP contribution in [-0.2, 0) is 4.79 Å². The molecule has 0 radical (unpaired) electrons. The van der Waals surface area contributed by atoms with Crippen LogP contribution in [0.1, 0.15) is 12.0 Å². The van der Waals surface area contributed by atoms with Crippen LogP contribution in [0.5, 0.6) is 5.88 Å². The highest BCUT2D eigenvalue weighted by molar-refractivity contribution is 5.60. The zero-order chi connectivity index (χ0) is 9.52. The number of pyridine rings is 1. The SMILES string of the molecule is COc1ncccc1C=CCC=O. The summed E-state index contributed by atoms with van der Waals surface area (Å²) in [5.41, 5.74) is 0.881. The summed E-state index contributed by atoms with van der Waals surface area (Å²) in [5.74, 6) is 0.574. The third-order valence-electron chi connectivity index (χ3n) is 1.52. The van der Waals surface area contributed by atoms with Crippen molar-refractivity contribution in [3.05, 3.63) is 30.0 Å². The van der Waals surface area contributed by atoms with E-state index in [0.29, 0.717) is 12.3 Å². The first-order valence-corrected chi connectivity index (χ1v) is 3.97. The van der Waals surface area contributed by atoms with E-state index in [4.69, 9.17) is 4.74 Å². The summed E-state index contributed by atoms with van der Waals surface area (Å²) in [6.07, 6.45) is 6.51. The van der Waals surface area contributed by atoms with E-state index in [1.165, 1.54) is 0 Å². The molecule has 0 saturated heterocycles. The highest BCUT2D eigenvalue weighted by Crippen LogP contribution is 2.14. The Bertz CT molecular complexity index is 308. The minimum Gasteiger partial charge on any atom is -0.481 e. The average Bonchev–Trinajstić information content (AvgIpc) is 2.19. The predicted molar refractivity (Wildman–Crippen MR) is 50.5 cm³/mol. The van der Waals surface area contributed by atoms with E-state index < -0.39 is 0 Å². The van der Waals surface area contributed by atoms with Crippen molar-refractivity contribution in [3.8, 4) is 5.88 Å². The van der Waals surface area contributed by atoms with Crippen molar-refractivity contribution < 1.29 is 9.53 Å². The smallest absolute Gasteiger partial charge is 0.220 e. The summed E-state index contributed by atoms with van der Waals surface area (Å²) in [4.78, 5) is 14.1. The van der Waals surface area contributed by atoms with E-state index in [0.717, 1.165) is 11.8 Å². The van der Waals surface area contributed by atoms with Crippen LogP contribution in [0.2, 0.25) is 0 Å². The Morgan fingerprint density at radius 1 is 1.62 bits per heavy atom. The molecule has 0 aliphatic carbocycles. The maximum atomic E-state index is 10.1. The molecule has 3 heteroatoms. The van der Waals surface area contributed by atoms with Gasteiger partial charge in [0.2, 0.25) is 5.88 Å². The summed E-state index contributed by atoms with van der Waals surface area (Å²) < 4.78 is 5.03. The van der Waals surface area contributed by atoms with Gasteiger partial charge in [0.05, 0.1) is 7.11 Å². The minimum atomic E-state index is 0.415. The van der Waals surface area contributed by atoms with Gasteiger partial charge in [-0.1, -0.05) is 12.2 Å². The van der Waals surface area contributed by atoms with Gasteiger partial charge in [0.25, 0.3) is 0 Å². The number of rotatable bonds is 4. The standard InChI is InChI=1S/C10H11NO2/c1-13-10-9(5-2-3-8-12)6-4-7-11-10/h2,4-8H,3H2,1H3. The third-order valence-corrected chi connectivity index (χ3v) is 1.52. The van der Waals surface area contributed by atoms with Crippen molar-refractivity contribution in [1.82, 2.24) is 4.98 Å². The van der Waals surface area contributed by atoms with E-state index in [1.54, 1.807) is 19.4 Å². The average molecular weight is 177 g/mol. The molecule has 0 spiro atoms. The summed E-state index contributed by atoms with van der Waals surface area (Å²) in [6.45, 7) is 0. The lowest BCUT2D eigenvalue weighted by atomic mass is 10.2. The molecule has 0 aromatic carbocycles. The van der Waals surface area contributed by atoms with E-state index in [-0.39, 0.29) is 0 Å². The van der Waals surface area contributed by atoms with Gasteiger partial charge in [-0.15, -0.1) is 0 Å². The number of hydrogen-bond acceptors (Lipinski definition) is 3. The maximum absolute atomic E-state index is 10.1. The molecular formula is C10H11NO2. The Kier molecular flexibility index (Phi) is 3.70. The second-order valence-electron chi connectivity index (χ2n) is 2.41. The number of aldehydes is 1. The number of carbonyl (C=O) groups excluding carboxylic acids is 1. The second kappa shape index (κ2) is 5.09. The largest absolute Gasteiger partial charge is 0.481 e. The van der Waals surface area contributed by atoms with Crippen LogP contribution < -0.4 is 4.74 Å². The third kappa shape index (κ3) is 2.71. The highest BCUT2D eigenvalue weighted by atomic mass is 16.5. The lowest BCUT2D eigenvalue weighted by molar-refractivity contribution is -0.107. The molecule has 1 heterocycles. The van der Waals surface area contributed by atoms with Crippen molar-refractivity contribution in [2.75, 3.05) is 7.11 Å².